The van der Waals surface area contributed by atoms with Crippen molar-refractivity contribution in [3.05, 3.63) is 16.3 Å². The molecule has 5 nitrogen and oxygen atoms in total. The van der Waals surface area contributed by atoms with Crippen molar-refractivity contribution in [1.82, 2.24) is 14.9 Å². The zero-order valence-electron chi connectivity index (χ0n) is 19.3. The van der Waals surface area contributed by atoms with E-state index in [1.807, 2.05) is 11.3 Å². The van der Waals surface area contributed by atoms with E-state index < -0.39 is 0 Å². The fraction of sp³-hybridized carbons (Fsp3) is 0.731. The van der Waals surface area contributed by atoms with Crippen LogP contribution < -0.4 is 4.90 Å². The number of aryl methyl sites for hydroxylation is 2. The van der Waals surface area contributed by atoms with Gasteiger partial charge < -0.3 is 9.80 Å². The van der Waals surface area contributed by atoms with E-state index in [4.69, 9.17) is 9.97 Å². The van der Waals surface area contributed by atoms with E-state index in [0.717, 1.165) is 44.8 Å². The van der Waals surface area contributed by atoms with E-state index >= 15 is 0 Å². The summed E-state index contributed by atoms with van der Waals surface area (Å²) in [5.41, 5.74) is 1.54. The number of anilines is 1. The van der Waals surface area contributed by atoms with E-state index in [9.17, 15) is 4.79 Å². The van der Waals surface area contributed by atoms with Crippen molar-refractivity contribution in [3.63, 3.8) is 0 Å². The van der Waals surface area contributed by atoms with Crippen molar-refractivity contribution in [2.75, 3.05) is 31.1 Å². The molecule has 4 aliphatic rings. The Bertz CT molecular complexity index is 983. The molecule has 6 heteroatoms. The number of hydrogen-bond acceptors (Lipinski definition) is 5. The highest BCUT2D eigenvalue weighted by Gasteiger charge is 2.33. The summed E-state index contributed by atoms with van der Waals surface area (Å²) in [5, 5.41) is 1.35. The molecule has 2 aromatic heterocycles. The minimum atomic E-state index is 0.304. The van der Waals surface area contributed by atoms with E-state index in [1.54, 1.807) is 10.4 Å². The van der Waals surface area contributed by atoms with Crippen molar-refractivity contribution >= 4 is 33.3 Å². The molecule has 32 heavy (non-hydrogen) atoms. The summed E-state index contributed by atoms with van der Waals surface area (Å²) in [7, 11) is 0. The Labute approximate surface area is 195 Å². The van der Waals surface area contributed by atoms with Crippen LogP contribution >= 0.6 is 11.3 Å². The summed E-state index contributed by atoms with van der Waals surface area (Å²) >= 11 is 1.95. The van der Waals surface area contributed by atoms with Gasteiger partial charge >= 0.3 is 0 Å². The second kappa shape index (κ2) is 8.92. The summed E-state index contributed by atoms with van der Waals surface area (Å²) < 4.78 is 0. The number of carbonyl (C=O) groups is 1. The number of hydrogen-bond donors (Lipinski definition) is 0. The van der Waals surface area contributed by atoms with Gasteiger partial charge in [0.1, 0.15) is 16.5 Å². The molecule has 0 spiro atoms. The first kappa shape index (κ1) is 20.9. The second-order valence-corrected chi connectivity index (χ2v) is 11.5. The number of rotatable bonds is 3. The minimum absolute atomic E-state index is 0.304. The Morgan fingerprint density at radius 3 is 2.31 bits per heavy atom. The third kappa shape index (κ3) is 3.82. The average molecular weight is 453 g/mol. The van der Waals surface area contributed by atoms with Gasteiger partial charge in [-0.3, -0.25) is 4.79 Å². The van der Waals surface area contributed by atoms with Crippen LogP contribution in [0.4, 0.5) is 5.82 Å². The van der Waals surface area contributed by atoms with Gasteiger partial charge in [-0.05, 0) is 56.9 Å². The Morgan fingerprint density at radius 1 is 0.812 bits per heavy atom. The molecule has 3 heterocycles. The molecule has 6 rings (SSSR count). The van der Waals surface area contributed by atoms with Gasteiger partial charge in [-0.15, -0.1) is 11.3 Å². The summed E-state index contributed by atoms with van der Waals surface area (Å²) in [6.45, 7) is 3.48. The molecule has 1 aliphatic heterocycles. The van der Waals surface area contributed by atoms with Crippen LogP contribution in [0.2, 0.25) is 0 Å². The first-order valence-electron chi connectivity index (χ1n) is 13.1. The molecule has 0 atom stereocenters. The molecule has 3 fully saturated rings. The Morgan fingerprint density at radius 2 is 1.56 bits per heavy atom. The maximum Gasteiger partial charge on any atom is 0.225 e. The van der Waals surface area contributed by atoms with Crippen LogP contribution in [0.5, 0.6) is 0 Å². The summed E-state index contributed by atoms with van der Waals surface area (Å²) in [6.07, 6.45) is 16.2. The van der Waals surface area contributed by atoms with E-state index in [-0.39, 0.29) is 0 Å². The average Bonchev–Trinajstić information content (AvgIpc) is 2.99. The molecule has 1 saturated heterocycles. The van der Waals surface area contributed by atoms with E-state index in [1.165, 1.54) is 86.7 Å². The van der Waals surface area contributed by atoms with Crippen LogP contribution in [0.15, 0.2) is 0 Å². The van der Waals surface area contributed by atoms with Gasteiger partial charge in [0.05, 0.1) is 5.39 Å². The van der Waals surface area contributed by atoms with Crippen LogP contribution in [0.1, 0.15) is 92.8 Å². The molecule has 0 bridgehead atoms. The maximum atomic E-state index is 12.8. The lowest BCUT2D eigenvalue weighted by Crippen LogP contribution is -2.51. The number of carbonyl (C=O) groups excluding carboxylic acids is 1. The lowest BCUT2D eigenvalue weighted by Gasteiger charge is -2.39. The van der Waals surface area contributed by atoms with E-state index in [2.05, 4.69) is 9.80 Å². The van der Waals surface area contributed by atoms with Crippen LogP contribution in [0.3, 0.4) is 0 Å². The number of thiophene rings is 1. The van der Waals surface area contributed by atoms with Gasteiger partial charge in [0.2, 0.25) is 5.91 Å². The van der Waals surface area contributed by atoms with Crippen LogP contribution in [0, 0.1) is 5.92 Å². The molecule has 0 N–H and O–H groups in total. The molecule has 0 radical (unpaired) electrons. The highest BCUT2D eigenvalue weighted by atomic mass is 32.1. The highest BCUT2D eigenvalue weighted by Crippen LogP contribution is 2.41. The number of piperazine rings is 1. The van der Waals surface area contributed by atoms with Crippen molar-refractivity contribution in [3.8, 4) is 0 Å². The SMILES string of the molecule is O=C(C1CCC1)N1CCN(c2nc(C3CCCCC3)nc3sc4c(c23)CCCCC4)CC1. The lowest BCUT2D eigenvalue weighted by molar-refractivity contribution is -0.138. The Hall–Kier alpha value is -1.69. The molecule has 1 amide bonds. The van der Waals surface area contributed by atoms with Crippen molar-refractivity contribution in [2.45, 2.75) is 89.4 Å². The molecular formula is C26H36N4OS. The predicted molar refractivity (Wildman–Crippen MR) is 131 cm³/mol. The monoisotopic (exact) mass is 452 g/mol. The number of aromatic nitrogens is 2. The lowest BCUT2D eigenvalue weighted by atomic mass is 9.84. The minimum Gasteiger partial charge on any atom is -0.352 e. The summed E-state index contributed by atoms with van der Waals surface area (Å²) in [5.74, 6) is 3.51. The van der Waals surface area contributed by atoms with Crippen LogP contribution in [-0.4, -0.2) is 47.0 Å². The van der Waals surface area contributed by atoms with E-state index in [0.29, 0.717) is 17.7 Å². The molecule has 2 aromatic rings. The zero-order valence-corrected chi connectivity index (χ0v) is 20.1. The molecule has 0 unspecified atom stereocenters. The van der Waals surface area contributed by atoms with Gasteiger partial charge in [0, 0.05) is 42.9 Å². The quantitative estimate of drug-likeness (QED) is 0.581. The third-order valence-electron chi connectivity index (χ3n) is 8.38. The molecular weight excluding hydrogens is 416 g/mol. The number of amides is 1. The first-order chi connectivity index (χ1) is 15.8. The molecule has 2 saturated carbocycles. The van der Waals surface area contributed by atoms with Gasteiger partial charge in [-0.25, -0.2) is 9.97 Å². The van der Waals surface area contributed by atoms with Crippen LogP contribution in [-0.2, 0) is 17.6 Å². The Kier molecular flexibility index (Phi) is 5.82. The van der Waals surface area contributed by atoms with Gasteiger partial charge in [0.15, 0.2) is 0 Å². The normalized spacial score (nSPS) is 23.1. The Balaban J connectivity index is 1.33. The zero-order chi connectivity index (χ0) is 21.5. The van der Waals surface area contributed by atoms with Gasteiger partial charge in [-0.2, -0.15) is 0 Å². The topological polar surface area (TPSA) is 49.3 Å². The second-order valence-electron chi connectivity index (χ2n) is 10.4. The fourth-order valence-corrected chi connectivity index (χ4v) is 7.42. The van der Waals surface area contributed by atoms with Crippen LogP contribution in [0.25, 0.3) is 10.2 Å². The number of fused-ring (bicyclic) bond motifs is 3. The number of nitrogens with zero attached hydrogens (tertiary/aromatic N) is 4. The molecule has 3 aliphatic carbocycles. The van der Waals surface area contributed by atoms with Gasteiger partial charge in [0.25, 0.3) is 0 Å². The van der Waals surface area contributed by atoms with Crippen molar-refractivity contribution in [1.29, 1.82) is 0 Å². The van der Waals surface area contributed by atoms with Gasteiger partial charge in [-0.1, -0.05) is 32.1 Å². The smallest absolute Gasteiger partial charge is 0.225 e. The standard InChI is InChI=1S/C26H36N4OS/c31-26(19-10-7-11-19)30-16-14-29(15-17-30)24-22-20-12-5-2-6-13-21(20)32-25(22)28-23(27-24)18-8-3-1-4-9-18/h18-19H,1-17H2. The highest BCUT2D eigenvalue weighted by molar-refractivity contribution is 7.19. The predicted octanol–water partition coefficient (Wildman–Crippen LogP) is 5.46. The van der Waals surface area contributed by atoms with Crippen molar-refractivity contribution < 1.29 is 4.79 Å². The largest absolute Gasteiger partial charge is 0.352 e. The summed E-state index contributed by atoms with van der Waals surface area (Å²) in [6, 6.07) is 0. The molecule has 172 valence electrons. The molecule has 0 aromatic carbocycles. The maximum absolute atomic E-state index is 12.8. The van der Waals surface area contributed by atoms with Crippen molar-refractivity contribution in [2.24, 2.45) is 5.92 Å². The fourth-order valence-electron chi connectivity index (χ4n) is 6.16. The first-order valence-corrected chi connectivity index (χ1v) is 14.0. The summed E-state index contributed by atoms with van der Waals surface area (Å²) in [4.78, 5) is 30.7. The third-order valence-corrected chi connectivity index (χ3v) is 9.56.